The average molecular weight is 403 g/mol. The lowest BCUT2D eigenvalue weighted by molar-refractivity contribution is -0.119. The van der Waals surface area contributed by atoms with E-state index < -0.39 is 0 Å². The monoisotopic (exact) mass is 402 g/mol. The quantitative estimate of drug-likeness (QED) is 0.669. The summed E-state index contributed by atoms with van der Waals surface area (Å²) in [6.07, 6.45) is 4.96. The molecule has 0 N–H and O–H groups in total. The van der Waals surface area contributed by atoms with Crippen molar-refractivity contribution >= 4 is 11.7 Å². The zero-order valence-corrected chi connectivity index (χ0v) is 18.5. The van der Waals surface area contributed by atoms with Crippen molar-refractivity contribution in [2.45, 2.75) is 58.4 Å². The summed E-state index contributed by atoms with van der Waals surface area (Å²) in [5, 5.41) is 0. The highest BCUT2D eigenvalue weighted by molar-refractivity contribution is 5.92. The van der Waals surface area contributed by atoms with Crippen LogP contribution in [0.3, 0.4) is 0 Å². The molecule has 1 aromatic heterocycles. The van der Waals surface area contributed by atoms with Crippen molar-refractivity contribution < 1.29 is 9.53 Å². The maximum Gasteiger partial charge on any atom is 0.227 e. The molecule has 0 atom stereocenters. The molecule has 2 aliphatic heterocycles. The number of hydrogen-bond acceptors (Lipinski definition) is 5. The third-order valence-corrected chi connectivity index (χ3v) is 6.50. The molecule has 29 heavy (non-hydrogen) atoms. The molecule has 0 aliphatic carbocycles. The minimum Gasteiger partial charge on any atom is -0.381 e. The molecule has 6 heteroatoms. The molecule has 0 unspecified atom stereocenters. The summed E-state index contributed by atoms with van der Waals surface area (Å²) in [5.74, 6) is 0.930. The number of carbonyl (C=O) groups excluding carboxylic acids is 1. The molecule has 0 spiro atoms. The molecule has 2 saturated heterocycles. The Kier molecular flexibility index (Phi) is 8.04. The van der Waals surface area contributed by atoms with E-state index in [1.165, 1.54) is 19.4 Å². The maximum atomic E-state index is 12.9. The van der Waals surface area contributed by atoms with Crippen molar-refractivity contribution in [3.63, 3.8) is 0 Å². The van der Waals surface area contributed by atoms with Crippen LogP contribution in [-0.2, 0) is 9.53 Å². The van der Waals surface area contributed by atoms with Crippen molar-refractivity contribution in [2.75, 3.05) is 57.4 Å². The third-order valence-electron chi connectivity index (χ3n) is 6.50. The van der Waals surface area contributed by atoms with Gasteiger partial charge in [0.05, 0.1) is 0 Å². The number of hydrogen-bond donors (Lipinski definition) is 0. The van der Waals surface area contributed by atoms with Crippen LogP contribution in [0, 0.1) is 6.92 Å². The molecule has 3 heterocycles. The first-order valence-electron chi connectivity index (χ1n) is 11.4. The van der Waals surface area contributed by atoms with Crippen LogP contribution < -0.4 is 4.90 Å². The smallest absolute Gasteiger partial charge is 0.227 e. The third kappa shape index (κ3) is 5.56. The average Bonchev–Trinajstić information content (AvgIpc) is 2.76. The first-order valence-corrected chi connectivity index (χ1v) is 11.4. The molecule has 3 rings (SSSR count). The van der Waals surface area contributed by atoms with Gasteiger partial charge in [-0.05, 0) is 44.9 Å². The van der Waals surface area contributed by atoms with E-state index in [2.05, 4.69) is 21.7 Å². The van der Waals surface area contributed by atoms with Crippen molar-refractivity contribution in [2.24, 2.45) is 0 Å². The number of rotatable bonds is 8. The lowest BCUT2D eigenvalue weighted by Crippen LogP contribution is -2.63. The summed E-state index contributed by atoms with van der Waals surface area (Å²) in [5.41, 5.74) is 0.924. The Morgan fingerprint density at radius 2 is 1.90 bits per heavy atom. The van der Waals surface area contributed by atoms with Gasteiger partial charge < -0.3 is 9.64 Å². The molecule has 2 fully saturated rings. The highest BCUT2D eigenvalue weighted by Gasteiger charge is 2.42. The molecule has 1 aromatic rings. The summed E-state index contributed by atoms with van der Waals surface area (Å²) in [7, 11) is 0. The standard InChI is InChI=1S/C23H38N4O2/c1-4-6-12-25-13-15-26(16-14-25)23(10-17-29-18-11-23)19-27(22(28)5-2)21-9-7-8-20(3)24-21/h7-9H,4-6,10-19H2,1-3H3. The van der Waals surface area contributed by atoms with E-state index in [4.69, 9.17) is 4.74 Å². The van der Waals surface area contributed by atoms with E-state index in [9.17, 15) is 4.79 Å². The Hall–Kier alpha value is -1.50. The zero-order valence-electron chi connectivity index (χ0n) is 18.5. The Morgan fingerprint density at radius 1 is 1.17 bits per heavy atom. The van der Waals surface area contributed by atoms with Crippen LogP contribution in [0.15, 0.2) is 18.2 Å². The van der Waals surface area contributed by atoms with Crippen LogP contribution in [0.4, 0.5) is 5.82 Å². The number of aromatic nitrogens is 1. The first kappa shape index (κ1) is 22.2. The van der Waals surface area contributed by atoms with Crippen LogP contribution in [-0.4, -0.2) is 78.7 Å². The highest BCUT2D eigenvalue weighted by Crippen LogP contribution is 2.32. The molecule has 0 bridgehead atoms. The molecule has 6 nitrogen and oxygen atoms in total. The van der Waals surface area contributed by atoms with Crippen molar-refractivity contribution in [3.8, 4) is 0 Å². The molecule has 1 amide bonds. The van der Waals surface area contributed by atoms with Gasteiger partial charge in [-0.2, -0.15) is 0 Å². The van der Waals surface area contributed by atoms with Gasteiger partial charge in [0.1, 0.15) is 5.82 Å². The van der Waals surface area contributed by atoms with E-state index in [0.717, 1.165) is 63.7 Å². The van der Waals surface area contributed by atoms with E-state index in [1.54, 1.807) is 0 Å². The fraction of sp³-hybridized carbons (Fsp3) is 0.739. The zero-order chi connectivity index (χ0) is 20.7. The second kappa shape index (κ2) is 10.5. The Morgan fingerprint density at radius 3 is 2.52 bits per heavy atom. The fourth-order valence-corrected chi connectivity index (χ4v) is 4.61. The number of anilines is 1. The van der Waals surface area contributed by atoms with Gasteiger partial charge in [-0.25, -0.2) is 4.98 Å². The van der Waals surface area contributed by atoms with E-state index in [0.29, 0.717) is 13.0 Å². The summed E-state index contributed by atoms with van der Waals surface area (Å²) < 4.78 is 5.73. The van der Waals surface area contributed by atoms with Crippen LogP contribution in [0.25, 0.3) is 0 Å². The summed E-state index contributed by atoms with van der Waals surface area (Å²) in [4.78, 5) is 24.8. The molecular weight excluding hydrogens is 364 g/mol. The van der Waals surface area contributed by atoms with Crippen LogP contribution in [0.1, 0.15) is 51.6 Å². The number of nitrogens with zero attached hydrogens (tertiary/aromatic N) is 4. The number of unbranched alkanes of at least 4 members (excludes halogenated alkanes) is 1. The van der Waals surface area contributed by atoms with E-state index >= 15 is 0 Å². The second-order valence-corrected chi connectivity index (χ2v) is 8.49. The molecular formula is C23H38N4O2. The van der Waals surface area contributed by atoms with Gasteiger partial charge in [0, 0.05) is 63.6 Å². The van der Waals surface area contributed by atoms with Crippen LogP contribution in [0.2, 0.25) is 0 Å². The number of amides is 1. The van der Waals surface area contributed by atoms with Gasteiger partial charge in [0.15, 0.2) is 0 Å². The SMILES string of the molecule is CCCCN1CCN(C2(CN(C(=O)CC)c3cccc(C)n3)CCOCC2)CC1. The number of pyridine rings is 1. The van der Waals surface area contributed by atoms with E-state index in [-0.39, 0.29) is 11.4 Å². The molecule has 0 aromatic carbocycles. The van der Waals surface area contributed by atoms with Gasteiger partial charge in [-0.15, -0.1) is 0 Å². The topological polar surface area (TPSA) is 48.9 Å². The van der Waals surface area contributed by atoms with Gasteiger partial charge in [0.2, 0.25) is 5.91 Å². The number of piperazine rings is 1. The lowest BCUT2D eigenvalue weighted by Gasteiger charge is -2.51. The molecule has 0 radical (unpaired) electrons. The summed E-state index contributed by atoms with van der Waals surface area (Å²) >= 11 is 0. The minimum atomic E-state index is -0.0225. The molecule has 0 saturated carbocycles. The van der Waals surface area contributed by atoms with Crippen LogP contribution >= 0.6 is 0 Å². The summed E-state index contributed by atoms with van der Waals surface area (Å²) in [6, 6.07) is 5.95. The highest BCUT2D eigenvalue weighted by atomic mass is 16.5. The summed E-state index contributed by atoms with van der Waals surface area (Å²) in [6.45, 7) is 14.0. The largest absolute Gasteiger partial charge is 0.381 e. The van der Waals surface area contributed by atoms with Crippen LogP contribution in [0.5, 0.6) is 0 Å². The van der Waals surface area contributed by atoms with Crippen molar-refractivity contribution in [3.05, 3.63) is 23.9 Å². The maximum absolute atomic E-state index is 12.9. The van der Waals surface area contributed by atoms with Gasteiger partial charge in [0.25, 0.3) is 0 Å². The lowest BCUT2D eigenvalue weighted by atomic mass is 9.86. The Balaban J connectivity index is 1.79. The second-order valence-electron chi connectivity index (χ2n) is 8.49. The Labute approximate surface area is 176 Å². The molecule has 162 valence electrons. The molecule has 2 aliphatic rings. The van der Waals surface area contributed by atoms with Gasteiger partial charge in [-0.1, -0.05) is 26.3 Å². The Bertz CT molecular complexity index is 652. The van der Waals surface area contributed by atoms with E-state index in [1.807, 2.05) is 36.9 Å². The normalized spacial score (nSPS) is 20.5. The number of aryl methyl sites for hydroxylation is 1. The minimum absolute atomic E-state index is 0.0225. The van der Waals surface area contributed by atoms with Gasteiger partial charge >= 0.3 is 0 Å². The number of ether oxygens (including phenoxy) is 1. The van der Waals surface area contributed by atoms with Crippen molar-refractivity contribution in [1.29, 1.82) is 0 Å². The predicted octanol–water partition coefficient (Wildman–Crippen LogP) is 3.10. The first-order chi connectivity index (χ1) is 14.1. The van der Waals surface area contributed by atoms with Crippen molar-refractivity contribution in [1.82, 2.24) is 14.8 Å². The van der Waals surface area contributed by atoms with Gasteiger partial charge in [-0.3, -0.25) is 14.6 Å². The fourth-order valence-electron chi connectivity index (χ4n) is 4.61. The predicted molar refractivity (Wildman–Crippen MR) is 117 cm³/mol. The number of carbonyl (C=O) groups is 1.